The topological polar surface area (TPSA) is 43.6 Å². The van der Waals surface area contributed by atoms with Crippen LogP contribution in [0.5, 0.6) is 0 Å². The first-order chi connectivity index (χ1) is 15.6. The van der Waals surface area contributed by atoms with Crippen molar-refractivity contribution < 1.29 is 14.6 Å². The Kier molecular flexibility index (Phi) is 10.5. The van der Waals surface area contributed by atoms with Crippen molar-refractivity contribution in [3.8, 4) is 0 Å². The van der Waals surface area contributed by atoms with E-state index in [1.165, 1.54) is 33.1 Å². The van der Waals surface area contributed by atoms with Crippen molar-refractivity contribution in [1.29, 1.82) is 0 Å². The van der Waals surface area contributed by atoms with Gasteiger partial charge in [-0.3, -0.25) is 0 Å². The molecule has 1 aromatic heterocycles. The summed E-state index contributed by atoms with van der Waals surface area (Å²) in [5.74, 6) is 1.25. The molecular formula is C28H39NO3. The van der Waals surface area contributed by atoms with Crippen molar-refractivity contribution in [2.75, 3.05) is 26.4 Å². The van der Waals surface area contributed by atoms with Gasteiger partial charge in [-0.1, -0.05) is 50.6 Å². The highest BCUT2D eigenvalue weighted by Gasteiger charge is 2.20. The predicted molar refractivity (Wildman–Crippen MR) is 137 cm³/mol. The summed E-state index contributed by atoms with van der Waals surface area (Å²) in [5, 5.41) is 11.6. The molecule has 1 aliphatic carbocycles. The summed E-state index contributed by atoms with van der Waals surface area (Å²) in [6.45, 7) is 14.4. The average Bonchev–Trinajstić information content (AvgIpc) is 3.14. The van der Waals surface area contributed by atoms with Crippen molar-refractivity contribution in [2.45, 2.75) is 48.0 Å². The zero-order chi connectivity index (χ0) is 23.5. The first kappa shape index (κ1) is 25.7. The van der Waals surface area contributed by atoms with Crippen LogP contribution in [0, 0.1) is 12.8 Å². The third-order valence-electron chi connectivity index (χ3n) is 5.32. The molecule has 2 aromatic carbocycles. The molecular weight excluding hydrogens is 398 g/mol. The van der Waals surface area contributed by atoms with Crippen LogP contribution in [0.25, 0.3) is 27.5 Å². The average molecular weight is 438 g/mol. The van der Waals surface area contributed by atoms with Crippen LogP contribution in [-0.4, -0.2) is 36.1 Å². The minimum atomic E-state index is 0.0485. The normalized spacial score (nSPS) is 15.3. The van der Waals surface area contributed by atoms with Gasteiger partial charge in [-0.05, 0) is 57.5 Å². The first-order valence-corrected chi connectivity index (χ1v) is 11.8. The number of para-hydroxylation sites is 1. The zero-order valence-electron chi connectivity index (χ0n) is 20.5. The number of aliphatic hydroxyl groups is 1. The molecule has 0 fully saturated rings. The highest BCUT2D eigenvalue weighted by Crippen LogP contribution is 2.36. The lowest BCUT2D eigenvalue weighted by molar-refractivity contribution is 0.127. The maximum Gasteiger partial charge on any atom is 0.111 e. The molecule has 0 aliphatic heterocycles. The SMILES string of the molecule is CC.CCOCC.Cc1ccc2c(c1)c1ccccc1n2C1=CC=C(OCCO)C(C)C1. The minimum absolute atomic E-state index is 0.0485. The molecule has 1 unspecified atom stereocenters. The monoisotopic (exact) mass is 437 g/mol. The molecule has 1 N–H and O–H groups in total. The van der Waals surface area contributed by atoms with E-state index in [0.29, 0.717) is 12.5 Å². The summed E-state index contributed by atoms with van der Waals surface area (Å²) < 4.78 is 12.9. The van der Waals surface area contributed by atoms with Crippen LogP contribution >= 0.6 is 0 Å². The van der Waals surface area contributed by atoms with Crippen molar-refractivity contribution in [3.05, 3.63) is 65.9 Å². The number of nitrogens with zero attached hydrogens (tertiary/aromatic N) is 1. The van der Waals surface area contributed by atoms with Crippen molar-refractivity contribution >= 4 is 27.5 Å². The van der Waals surface area contributed by atoms with E-state index in [1.54, 1.807) is 0 Å². The second kappa shape index (κ2) is 13.1. The minimum Gasteiger partial charge on any atom is -0.495 e. The number of aromatic nitrogens is 1. The van der Waals surface area contributed by atoms with E-state index >= 15 is 0 Å². The van der Waals surface area contributed by atoms with E-state index in [0.717, 1.165) is 25.4 Å². The van der Waals surface area contributed by atoms with E-state index in [-0.39, 0.29) is 6.61 Å². The molecule has 0 radical (unpaired) electrons. The van der Waals surface area contributed by atoms with E-state index in [1.807, 2.05) is 33.8 Å². The lowest BCUT2D eigenvalue weighted by Gasteiger charge is -2.23. The Labute approximate surface area is 193 Å². The van der Waals surface area contributed by atoms with Gasteiger partial charge in [0.05, 0.1) is 23.4 Å². The van der Waals surface area contributed by atoms with Gasteiger partial charge in [0.15, 0.2) is 0 Å². The standard InChI is InChI=1S/C22H23NO2.C4H10O.C2H6/c1-15-7-9-21-19(13-15)18-5-3-4-6-20(18)23(21)17-8-10-22(16(2)14-17)25-12-11-24;1-3-5-4-2;1-2/h3-10,13,16,24H,11-12,14H2,1-2H3;3-4H2,1-2H3;1-2H3. The molecule has 32 heavy (non-hydrogen) atoms. The van der Waals surface area contributed by atoms with Crippen molar-refractivity contribution in [3.63, 3.8) is 0 Å². The van der Waals surface area contributed by atoms with E-state index in [4.69, 9.17) is 14.6 Å². The highest BCUT2D eigenvalue weighted by atomic mass is 16.5. The van der Waals surface area contributed by atoms with Gasteiger partial charge in [-0.15, -0.1) is 0 Å². The lowest BCUT2D eigenvalue weighted by atomic mass is 9.97. The summed E-state index contributed by atoms with van der Waals surface area (Å²) in [7, 11) is 0. The number of aryl methyl sites for hydroxylation is 1. The molecule has 1 aliphatic rings. The number of allylic oxidation sites excluding steroid dienone is 4. The smallest absolute Gasteiger partial charge is 0.111 e. The second-order valence-electron chi connectivity index (χ2n) is 7.56. The Morgan fingerprint density at radius 1 is 0.969 bits per heavy atom. The molecule has 0 amide bonds. The number of fused-ring (bicyclic) bond motifs is 3. The Hall–Kier alpha value is -2.56. The van der Waals surface area contributed by atoms with Gasteiger partial charge in [0.25, 0.3) is 0 Å². The Morgan fingerprint density at radius 3 is 2.28 bits per heavy atom. The molecule has 4 nitrogen and oxygen atoms in total. The van der Waals surface area contributed by atoms with E-state index in [9.17, 15) is 0 Å². The summed E-state index contributed by atoms with van der Waals surface area (Å²) in [6.07, 6.45) is 5.12. The largest absolute Gasteiger partial charge is 0.495 e. The fraction of sp³-hybridized carbons (Fsp3) is 0.429. The molecule has 0 saturated carbocycles. The number of hydrogen-bond donors (Lipinski definition) is 1. The Balaban J connectivity index is 0.000000460. The van der Waals surface area contributed by atoms with Crippen molar-refractivity contribution in [2.24, 2.45) is 5.92 Å². The summed E-state index contributed by atoms with van der Waals surface area (Å²) in [4.78, 5) is 0. The van der Waals surface area contributed by atoms with Gasteiger partial charge in [0.1, 0.15) is 6.61 Å². The second-order valence-corrected chi connectivity index (χ2v) is 7.56. The van der Waals surface area contributed by atoms with Gasteiger partial charge in [0.2, 0.25) is 0 Å². The Bertz CT molecular complexity index is 1040. The van der Waals surface area contributed by atoms with Crippen LogP contribution < -0.4 is 0 Å². The number of ether oxygens (including phenoxy) is 2. The van der Waals surface area contributed by atoms with E-state index in [2.05, 4.69) is 67.0 Å². The number of benzene rings is 2. The van der Waals surface area contributed by atoms with Gasteiger partial charge in [0, 0.05) is 35.6 Å². The van der Waals surface area contributed by atoms with Gasteiger partial charge < -0.3 is 19.1 Å². The third-order valence-corrected chi connectivity index (χ3v) is 5.32. The fourth-order valence-electron chi connectivity index (χ4n) is 3.94. The maximum absolute atomic E-state index is 8.97. The number of hydrogen-bond acceptors (Lipinski definition) is 3. The zero-order valence-corrected chi connectivity index (χ0v) is 20.5. The first-order valence-electron chi connectivity index (χ1n) is 11.8. The van der Waals surface area contributed by atoms with Crippen LogP contribution in [0.1, 0.15) is 46.6 Å². The lowest BCUT2D eigenvalue weighted by Crippen LogP contribution is -2.12. The van der Waals surface area contributed by atoms with Crippen molar-refractivity contribution in [1.82, 2.24) is 4.57 Å². The van der Waals surface area contributed by atoms with Crippen LogP contribution in [0.15, 0.2) is 60.4 Å². The summed E-state index contributed by atoms with van der Waals surface area (Å²) >= 11 is 0. The van der Waals surface area contributed by atoms with E-state index < -0.39 is 0 Å². The molecule has 0 saturated heterocycles. The van der Waals surface area contributed by atoms with Gasteiger partial charge >= 0.3 is 0 Å². The molecule has 1 atom stereocenters. The van der Waals surface area contributed by atoms with Crippen LogP contribution in [0.2, 0.25) is 0 Å². The summed E-state index contributed by atoms with van der Waals surface area (Å²) in [5.41, 5.74) is 5.05. The number of rotatable bonds is 6. The molecule has 0 spiro atoms. The maximum atomic E-state index is 8.97. The fourth-order valence-corrected chi connectivity index (χ4v) is 3.94. The third kappa shape index (κ3) is 6.02. The molecule has 0 bridgehead atoms. The molecule has 3 aromatic rings. The predicted octanol–water partition coefficient (Wildman–Crippen LogP) is 6.95. The Morgan fingerprint density at radius 2 is 1.66 bits per heavy atom. The van der Waals surface area contributed by atoms with Crippen LogP contribution in [0.4, 0.5) is 0 Å². The molecule has 4 rings (SSSR count). The molecule has 174 valence electrons. The van der Waals surface area contributed by atoms with Gasteiger partial charge in [-0.25, -0.2) is 0 Å². The quantitative estimate of drug-likeness (QED) is 0.454. The number of aliphatic hydroxyl groups excluding tert-OH is 1. The van der Waals surface area contributed by atoms with Gasteiger partial charge in [-0.2, -0.15) is 0 Å². The highest BCUT2D eigenvalue weighted by molar-refractivity contribution is 6.10. The summed E-state index contributed by atoms with van der Waals surface area (Å²) in [6, 6.07) is 15.3. The van der Waals surface area contributed by atoms with Crippen LogP contribution in [-0.2, 0) is 9.47 Å². The molecule has 4 heteroatoms. The van der Waals surface area contributed by atoms with Crippen LogP contribution in [0.3, 0.4) is 0 Å². The molecule has 1 heterocycles.